The molecule has 17 heavy (non-hydrogen) atoms. The molecule has 0 aliphatic rings. The van der Waals surface area contributed by atoms with Crippen molar-refractivity contribution in [1.29, 1.82) is 0 Å². The number of pyridine rings is 1. The molecule has 0 unspecified atom stereocenters. The van der Waals surface area contributed by atoms with E-state index in [0.717, 1.165) is 10.7 Å². The molecule has 4 nitrogen and oxygen atoms in total. The fraction of sp³-hybridized carbons (Fsp3) is 0.182. The van der Waals surface area contributed by atoms with Crippen LogP contribution in [0.25, 0.3) is 11.3 Å². The van der Waals surface area contributed by atoms with Gasteiger partial charge in [0.05, 0.1) is 5.69 Å². The molecule has 0 fully saturated rings. The van der Waals surface area contributed by atoms with Gasteiger partial charge in [0.15, 0.2) is 5.82 Å². The van der Waals surface area contributed by atoms with Gasteiger partial charge in [-0.1, -0.05) is 0 Å². The molecular formula is C11H9F2N3O. The van der Waals surface area contributed by atoms with E-state index in [-0.39, 0.29) is 5.56 Å². The number of halogens is 2. The van der Waals surface area contributed by atoms with E-state index >= 15 is 0 Å². The number of rotatable bonds is 1. The minimum Gasteiger partial charge on any atom is -0.268 e. The molecule has 2 heterocycles. The number of aryl methyl sites for hydroxylation is 2. The highest BCUT2D eigenvalue weighted by atomic mass is 19.2. The first kappa shape index (κ1) is 11.4. The van der Waals surface area contributed by atoms with Crippen LogP contribution in [0.5, 0.6) is 0 Å². The second kappa shape index (κ2) is 4.04. The molecule has 0 radical (unpaired) electrons. The third kappa shape index (κ3) is 2.06. The summed E-state index contributed by atoms with van der Waals surface area (Å²) in [5, 5.41) is 3.95. The van der Waals surface area contributed by atoms with Crippen molar-refractivity contribution in [3.05, 3.63) is 46.0 Å². The van der Waals surface area contributed by atoms with Gasteiger partial charge < -0.3 is 0 Å². The van der Waals surface area contributed by atoms with Crippen molar-refractivity contribution in [2.75, 3.05) is 0 Å². The summed E-state index contributed by atoms with van der Waals surface area (Å²) in [7, 11) is 1.49. The highest BCUT2D eigenvalue weighted by Gasteiger charge is 2.09. The Labute approximate surface area is 95.5 Å². The van der Waals surface area contributed by atoms with E-state index in [1.807, 2.05) is 0 Å². The average Bonchev–Trinajstić information content (AvgIpc) is 2.29. The van der Waals surface area contributed by atoms with Crippen LogP contribution in [0.3, 0.4) is 0 Å². The maximum atomic E-state index is 13.0. The highest BCUT2D eigenvalue weighted by molar-refractivity contribution is 5.57. The third-order valence-corrected chi connectivity index (χ3v) is 2.33. The van der Waals surface area contributed by atoms with Crippen LogP contribution < -0.4 is 5.56 Å². The summed E-state index contributed by atoms with van der Waals surface area (Å²) in [6, 6.07) is 2.51. The van der Waals surface area contributed by atoms with E-state index in [2.05, 4.69) is 10.1 Å². The predicted octanol–water partition coefficient (Wildman–Crippen LogP) is 1.43. The zero-order valence-corrected chi connectivity index (χ0v) is 9.24. The average molecular weight is 237 g/mol. The van der Waals surface area contributed by atoms with Gasteiger partial charge in [0.25, 0.3) is 5.56 Å². The standard InChI is InChI=1S/C11H9F2N3O/c1-6-3-9(15-16(2)11(6)17)7-4-8(12)10(13)14-5-7/h3-5H,1-2H3. The molecule has 0 saturated carbocycles. The Balaban J connectivity index is 2.61. The van der Waals surface area contributed by atoms with Crippen LogP contribution in [0.2, 0.25) is 0 Å². The number of aromatic nitrogens is 3. The Kier molecular flexibility index (Phi) is 2.71. The molecule has 0 saturated heterocycles. The lowest BCUT2D eigenvalue weighted by Crippen LogP contribution is -2.22. The molecule has 88 valence electrons. The molecule has 2 aromatic rings. The molecule has 2 rings (SSSR count). The Bertz CT molecular complexity index is 611. The van der Waals surface area contributed by atoms with E-state index in [1.54, 1.807) is 6.92 Å². The van der Waals surface area contributed by atoms with Crippen molar-refractivity contribution < 1.29 is 8.78 Å². The molecule has 0 aliphatic carbocycles. The first-order valence-electron chi connectivity index (χ1n) is 4.85. The van der Waals surface area contributed by atoms with Crippen molar-refractivity contribution in [1.82, 2.24) is 14.8 Å². The van der Waals surface area contributed by atoms with Gasteiger partial charge in [0, 0.05) is 24.4 Å². The Morgan fingerprint density at radius 3 is 2.59 bits per heavy atom. The van der Waals surface area contributed by atoms with Crippen LogP contribution in [0.15, 0.2) is 23.1 Å². The first-order chi connectivity index (χ1) is 7.99. The monoisotopic (exact) mass is 237 g/mol. The van der Waals surface area contributed by atoms with Crippen LogP contribution in [-0.4, -0.2) is 14.8 Å². The molecule has 6 heteroatoms. The maximum absolute atomic E-state index is 13.0. The molecule has 0 aliphatic heterocycles. The largest absolute Gasteiger partial charge is 0.269 e. The van der Waals surface area contributed by atoms with Gasteiger partial charge in [0.2, 0.25) is 5.95 Å². The van der Waals surface area contributed by atoms with E-state index in [1.165, 1.54) is 19.3 Å². The summed E-state index contributed by atoms with van der Waals surface area (Å²) in [5.74, 6) is -2.20. The minimum atomic E-state index is -1.16. The molecule has 2 aromatic heterocycles. The lowest BCUT2D eigenvalue weighted by Gasteiger charge is -2.04. The third-order valence-electron chi connectivity index (χ3n) is 2.33. The van der Waals surface area contributed by atoms with Crippen molar-refractivity contribution in [2.45, 2.75) is 6.92 Å². The number of hydrogen-bond acceptors (Lipinski definition) is 3. The molecule has 0 N–H and O–H groups in total. The van der Waals surface area contributed by atoms with Gasteiger partial charge in [-0.05, 0) is 19.1 Å². The van der Waals surface area contributed by atoms with Crippen LogP contribution in [0.1, 0.15) is 5.56 Å². The lowest BCUT2D eigenvalue weighted by atomic mass is 10.1. The number of hydrogen-bond donors (Lipinski definition) is 0. The molecule has 0 aromatic carbocycles. The van der Waals surface area contributed by atoms with Gasteiger partial charge in [-0.3, -0.25) is 4.79 Å². The zero-order chi connectivity index (χ0) is 12.6. The van der Waals surface area contributed by atoms with Crippen molar-refractivity contribution >= 4 is 0 Å². The molecule has 0 atom stereocenters. The van der Waals surface area contributed by atoms with Gasteiger partial charge >= 0.3 is 0 Å². The topological polar surface area (TPSA) is 47.8 Å². The fourth-order valence-corrected chi connectivity index (χ4v) is 1.46. The fourth-order valence-electron chi connectivity index (χ4n) is 1.46. The van der Waals surface area contributed by atoms with Gasteiger partial charge in [0.1, 0.15) is 0 Å². The summed E-state index contributed by atoms with van der Waals surface area (Å²) < 4.78 is 26.8. The van der Waals surface area contributed by atoms with Gasteiger partial charge in [-0.15, -0.1) is 0 Å². The van der Waals surface area contributed by atoms with E-state index in [0.29, 0.717) is 16.8 Å². The minimum absolute atomic E-state index is 0.232. The van der Waals surface area contributed by atoms with E-state index in [9.17, 15) is 13.6 Å². The normalized spacial score (nSPS) is 10.6. The summed E-state index contributed by atoms with van der Waals surface area (Å²) in [4.78, 5) is 14.7. The Morgan fingerprint density at radius 2 is 2.00 bits per heavy atom. The Morgan fingerprint density at radius 1 is 1.29 bits per heavy atom. The molecule has 0 bridgehead atoms. The van der Waals surface area contributed by atoms with Crippen molar-refractivity contribution in [2.24, 2.45) is 7.05 Å². The van der Waals surface area contributed by atoms with E-state index < -0.39 is 11.8 Å². The Hall–Kier alpha value is -2.11. The summed E-state index contributed by atoms with van der Waals surface area (Å²) in [5.41, 5.74) is 0.935. The van der Waals surface area contributed by atoms with Crippen LogP contribution in [-0.2, 0) is 7.05 Å². The zero-order valence-electron chi connectivity index (χ0n) is 9.24. The molecule has 0 amide bonds. The second-order valence-electron chi connectivity index (χ2n) is 3.64. The number of nitrogens with zero attached hydrogens (tertiary/aromatic N) is 3. The summed E-state index contributed by atoms with van der Waals surface area (Å²) >= 11 is 0. The smallest absolute Gasteiger partial charge is 0.268 e. The summed E-state index contributed by atoms with van der Waals surface area (Å²) in [6.45, 7) is 1.63. The van der Waals surface area contributed by atoms with Gasteiger partial charge in [-0.2, -0.15) is 9.49 Å². The predicted molar refractivity (Wildman–Crippen MR) is 57.4 cm³/mol. The maximum Gasteiger partial charge on any atom is 0.269 e. The van der Waals surface area contributed by atoms with Crippen molar-refractivity contribution in [3.8, 4) is 11.3 Å². The lowest BCUT2D eigenvalue weighted by molar-refractivity contribution is 0.479. The van der Waals surface area contributed by atoms with Gasteiger partial charge in [-0.25, -0.2) is 14.1 Å². The summed E-state index contributed by atoms with van der Waals surface area (Å²) in [6.07, 6.45) is 1.17. The van der Waals surface area contributed by atoms with Crippen LogP contribution in [0, 0.1) is 18.7 Å². The molecule has 0 spiro atoms. The van der Waals surface area contributed by atoms with Crippen LogP contribution in [0.4, 0.5) is 8.78 Å². The van der Waals surface area contributed by atoms with Crippen LogP contribution >= 0.6 is 0 Å². The SMILES string of the molecule is Cc1cc(-c2cnc(F)c(F)c2)nn(C)c1=O. The van der Waals surface area contributed by atoms with Crippen molar-refractivity contribution in [3.63, 3.8) is 0 Å². The highest BCUT2D eigenvalue weighted by Crippen LogP contribution is 2.17. The van der Waals surface area contributed by atoms with E-state index in [4.69, 9.17) is 0 Å². The molecular weight excluding hydrogens is 228 g/mol. The quantitative estimate of drug-likeness (QED) is 0.705. The second-order valence-corrected chi connectivity index (χ2v) is 3.64. The first-order valence-corrected chi connectivity index (χ1v) is 4.85.